The summed E-state index contributed by atoms with van der Waals surface area (Å²) in [6, 6.07) is 0. The molecule has 1 rings (SSSR count). The third-order valence-corrected chi connectivity index (χ3v) is 1.48. The van der Waals surface area contributed by atoms with Crippen molar-refractivity contribution < 1.29 is 9.90 Å². The molecule has 0 radical (unpaired) electrons. The largest absolute Gasteiger partial charge is 0.390 e. The average Bonchev–Trinajstić information content (AvgIpc) is 2.15. The highest BCUT2D eigenvalue weighted by Gasteiger charge is 2.17. The maximum Gasteiger partial charge on any atom is 0.230 e. The van der Waals surface area contributed by atoms with Crippen molar-refractivity contribution in [2.45, 2.75) is 6.42 Å². The fourth-order valence-electron chi connectivity index (χ4n) is 0.810. The molecule has 9 heavy (non-hydrogen) atoms. The SMILES string of the molecule is CN1C(=O)CC=C1CO. The lowest BCUT2D eigenvalue weighted by Crippen LogP contribution is -2.21. The Morgan fingerprint density at radius 3 is 2.78 bits per heavy atom. The van der Waals surface area contributed by atoms with Crippen LogP contribution in [0.2, 0.25) is 0 Å². The molecule has 50 valence electrons. The molecule has 1 aliphatic rings. The molecule has 0 fully saturated rings. The molecule has 1 amide bonds. The minimum atomic E-state index is -0.0394. The van der Waals surface area contributed by atoms with E-state index in [0.717, 1.165) is 0 Å². The summed E-state index contributed by atoms with van der Waals surface area (Å²) in [6.45, 7) is -0.0394. The predicted octanol–water partition coefficient (Wildman–Crippen LogP) is -0.275. The fraction of sp³-hybridized carbons (Fsp3) is 0.500. The molecule has 0 saturated heterocycles. The Bertz CT molecular complexity index is 162. The lowest BCUT2D eigenvalue weighted by atomic mass is 10.4. The quantitative estimate of drug-likeness (QED) is 0.526. The second-order valence-electron chi connectivity index (χ2n) is 2.01. The highest BCUT2D eigenvalue weighted by molar-refractivity contribution is 5.82. The number of aliphatic hydroxyl groups is 1. The van der Waals surface area contributed by atoms with Crippen LogP contribution in [-0.2, 0) is 4.79 Å². The van der Waals surface area contributed by atoms with E-state index in [0.29, 0.717) is 12.1 Å². The van der Waals surface area contributed by atoms with Gasteiger partial charge in [-0.3, -0.25) is 4.79 Å². The fourth-order valence-corrected chi connectivity index (χ4v) is 0.810. The third kappa shape index (κ3) is 0.954. The molecule has 1 N–H and O–H groups in total. The third-order valence-electron chi connectivity index (χ3n) is 1.48. The van der Waals surface area contributed by atoms with Crippen LogP contribution in [0, 0.1) is 0 Å². The summed E-state index contributed by atoms with van der Waals surface area (Å²) in [5, 5.41) is 8.59. The van der Waals surface area contributed by atoms with Crippen molar-refractivity contribution in [3.05, 3.63) is 11.8 Å². The standard InChI is InChI=1S/C6H9NO2/c1-7-5(4-8)2-3-6(7)9/h2,8H,3-4H2,1H3. The normalized spacial score (nSPS) is 18.7. The van der Waals surface area contributed by atoms with E-state index in [2.05, 4.69) is 0 Å². The highest BCUT2D eigenvalue weighted by atomic mass is 16.3. The van der Waals surface area contributed by atoms with Crippen LogP contribution in [0.4, 0.5) is 0 Å². The monoisotopic (exact) mass is 127 g/mol. The maximum absolute atomic E-state index is 10.7. The number of hydrogen-bond acceptors (Lipinski definition) is 2. The first-order valence-corrected chi connectivity index (χ1v) is 2.82. The zero-order valence-electron chi connectivity index (χ0n) is 5.29. The Balaban J connectivity index is 2.66. The zero-order chi connectivity index (χ0) is 6.85. The number of amides is 1. The first kappa shape index (κ1) is 6.29. The van der Waals surface area contributed by atoms with E-state index in [1.54, 1.807) is 13.1 Å². The second kappa shape index (κ2) is 2.19. The van der Waals surface area contributed by atoms with Crippen LogP contribution in [0.15, 0.2) is 11.8 Å². The van der Waals surface area contributed by atoms with Gasteiger partial charge in [0.15, 0.2) is 0 Å². The molecular weight excluding hydrogens is 118 g/mol. The molecule has 0 unspecified atom stereocenters. The Labute approximate surface area is 53.6 Å². The molecule has 0 saturated carbocycles. The summed E-state index contributed by atoms with van der Waals surface area (Å²) in [5.41, 5.74) is 0.708. The van der Waals surface area contributed by atoms with Gasteiger partial charge in [0.05, 0.1) is 6.61 Å². The summed E-state index contributed by atoms with van der Waals surface area (Å²) in [4.78, 5) is 12.2. The van der Waals surface area contributed by atoms with Crippen molar-refractivity contribution in [3.63, 3.8) is 0 Å². The topological polar surface area (TPSA) is 40.5 Å². The van der Waals surface area contributed by atoms with Crippen molar-refractivity contribution in [3.8, 4) is 0 Å². The molecule has 1 heterocycles. The van der Waals surface area contributed by atoms with E-state index in [-0.39, 0.29) is 12.5 Å². The molecule has 0 spiro atoms. The molecular formula is C6H9NO2. The van der Waals surface area contributed by atoms with Gasteiger partial charge in [-0.05, 0) is 0 Å². The lowest BCUT2D eigenvalue weighted by Gasteiger charge is -2.10. The van der Waals surface area contributed by atoms with Gasteiger partial charge < -0.3 is 10.0 Å². The number of likely N-dealkylation sites (N-methyl/N-ethyl adjacent to an activating group) is 1. The van der Waals surface area contributed by atoms with Gasteiger partial charge in [-0.2, -0.15) is 0 Å². The van der Waals surface area contributed by atoms with Gasteiger partial charge in [-0.25, -0.2) is 0 Å². The maximum atomic E-state index is 10.7. The molecule has 0 aromatic rings. The summed E-state index contributed by atoms with van der Waals surface area (Å²) in [7, 11) is 1.66. The Hall–Kier alpha value is -0.830. The van der Waals surface area contributed by atoms with Gasteiger partial charge in [0, 0.05) is 19.2 Å². The summed E-state index contributed by atoms with van der Waals surface area (Å²) >= 11 is 0. The van der Waals surface area contributed by atoms with Gasteiger partial charge >= 0.3 is 0 Å². The first-order valence-electron chi connectivity index (χ1n) is 2.82. The van der Waals surface area contributed by atoms with Crippen molar-refractivity contribution in [2.75, 3.05) is 13.7 Å². The van der Waals surface area contributed by atoms with Crippen molar-refractivity contribution in [1.82, 2.24) is 4.90 Å². The van der Waals surface area contributed by atoms with Crippen molar-refractivity contribution >= 4 is 5.91 Å². The Morgan fingerprint density at radius 2 is 2.56 bits per heavy atom. The Kier molecular flexibility index (Phi) is 1.53. The van der Waals surface area contributed by atoms with Gasteiger partial charge in [0.1, 0.15) is 0 Å². The average molecular weight is 127 g/mol. The van der Waals surface area contributed by atoms with Crippen LogP contribution in [0.5, 0.6) is 0 Å². The van der Waals surface area contributed by atoms with E-state index in [1.807, 2.05) is 0 Å². The minimum absolute atomic E-state index is 0.0394. The minimum Gasteiger partial charge on any atom is -0.390 e. The first-order chi connectivity index (χ1) is 4.25. The molecule has 0 atom stereocenters. The number of aliphatic hydroxyl groups excluding tert-OH is 1. The van der Waals surface area contributed by atoms with Gasteiger partial charge in [0.2, 0.25) is 5.91 Å². The molecule has 0 aromatic carbocycles. The van der Waals surface area contributed by atoms with Crippen LogP contribution in [0.1, 0.15) is 6.42 Å². The predicted molar refractivity (Wildman–Crippen MR) is 32.6 cm³/mol. The lowest BCUT2D eigenvalue weighted by molar-refractivity contribution is -0.126. The van der Waals surface area contributed by atoms with Crippen molar-refractivity contribution in [2.24, 2.45) is 0 Å². The summed E-state index contributed by atoms with van der Waals surface area (Å²) < 4.78 is 0. The van der Waals surface area contributed by atoms with Gasteiger partial charge in [-0.15, -0.1) is 0 Å². The molecule has 3 nitrogen and oxygen atoms in total. The smallest absolute Gasteiger partial charge is 0.230 e. The van der Waals surface area contributed by atoms with Crippen molar-refractivity contribution in [1.29, 1.82) is 0 Å². The van der Waals surface area contributed by atoms with E-state index in [4.69, 9.17) is 5.11 Å². The van der Waals surface area contributed by atoms with E-state index >= 15 is 0 Å². The van der Waals surface area contributed by atoms with Crippen LogP contribution < -0.4 is 0 Å². The molecule has 0 aliphatic carbocycles. The number of rotatable bonds is 1. The number of carbonyl (C=O) groups is 1. The van der Waals surface area contributed by atoms with Crippen LogP contribution in [-0.4, -0.2) is 29.6 Å². The zero-order valence-corrected chi connectivity index (χ0v) is 5.29. The van der Waals surface area contributed by atoms with Gasteiger partial charge in [0.25, 0.3) is 0 Å². The van der Waals surface area contributed by atoms with E-state index < -0.39 is 0 Å². The van der Waals surface area contributed by atoms with Crippen LogP contribution in [0.25, 0.3) is 0 Å². The molecule has 0 bridgehead atoms. The number of carbonyl (C=O) groups excluding carboxylic acids is 1. The molecule has 1 aliphatic heterocycles. The van der Waals surface area contributed by atoms with Crippen LogP contribution in [0.3, 0.4) is 0 Å². The summed E-state index contributed by atoms with van der Waals surface area (Å²) in [6.07, 6.45) is 2.18. The van der Waals surface area contributed by atoms with Crippen LogP contribution >= 0.6 is 0 Å². The van der Waals surface area contributed by atoms with Gasteiger partial charge in [-0.1, -0.05) is 6.08 Å². The van der Waals surface area contributed by atoms with E-state index in [9.17, 15) is 4.79 Å². The second-order valence-corrected chi connectivity index (χ2v) is 2.01. The Morgan fingerprint density at radius 1 is 1.89 bits per heavy atom. The van der Waals surface area contributed by atoms with E-state index in [1.165, 1.54) is 4.90 Å². The number of hydrogen-bond donors (Lipinski definition) is 1. The summed E-state index contributed by atoms with van der Waals surface area (Å²) in [5.74, 6) is 0.0547. The molecule has 3 heteroatoms. The number of nitrogens with zero attached hydrogens (tertiary/aromatic N) is 1. The molecule has 0 aromatic heterocycles. The highest BCUT2D eigenvalue weighted by Crippen LogP contribution is 2.11.